The summed E-state index contributed by atoms with van der Waals surface area (Å²) in [5.41, 5.74) is 0.460. The highest BCUT2D eigenvalue weighted by Crippen LogP contribution is 2.38. The third kappa shape index (κ3) is 3.03. The van der Waals surface area contributed by atoms with Crippen LogP contribution in [-0.2, 0) is 6.18 Å². The molecule has 2 aromatic rings. The van der Waals surface area contributed by atoms with Crippen molar-refractivity contribution in [3.63, 3.8) is 0 Å². The predicted molar refractivity (Wildman–Crippen MR) is 73.4 cm³/mol. The Kier molecular flexibility index (Phi) is 4.18. The van der Waals surface area contributed by atoms with Crippen LogP contribution in [0.15, 0.2) is 42.5 Å². The zero-order chi connectivity index (χ0) is 14.9. The first-order chi connectivity index (χ1) is 9.30. The van der Waals surface area contributed by atoms with Gasteiger partial charge in [-0.3, -0.25) is 0 Å². The number of aryl methyl sites for hydroxylation is 1. The smallest absolute Gasteiger partial charge is 0.206 e. The standard InChI is InChI=1S/C15H11BrF4/c1-9-5-7-10(8-6-9)13(16)11-3-2-4-12(14(11)17)15(18,19)20/h2-8,13H,1H3. The molecular weight excluding hydrogens is 336 g/mol. The van der Waals surface area contributed by atoms with Gasteiger partial charge in [0.2, 0.25) is 0 Å². The molecule has 1 unspecified atom stereocenters. The topological polar surface area (TPSA) is 0 Å². The zero-order valence-electron chi connectivity index (χ0n) is 10.5. The van der Waals surface area contributed by atoms with E-state index in [-0.39, 0.29) is 5.56 Å². The summed E-state index contributed by atoms with van der Waals surface area (Å²) in [6.07, 6.45) is -4.69. The van der Waals surface area contributed by atoms with Crippen molar-refractivity contribution in [1.82, 2.24) is 0 Å². The van der Waals surface area contributed by atoms with Gasteiger partial charge < -0.3 is 0 Å². The summed E-state index contributed by atoms with van der Waals surface area (Å²) in [5, 5.41) is 0. The third-order valence-electron chi connectivity index (χ3n) is 2.98. The number of rotatable bonds is 2. The van der Waals surface area contributed by atoms with Crippen molar-refractivity contribution >= 4 is 15.9 Å². The van der Waals surface area contributed by atoms with E-state index in [1.165, 1.54) is 12.1 Å². The summed E-state index contributed by atoms with van der Waals surface area (Å²) < 4.78 is 52.1. The third-order valence-corrected chi connectivity index (χ3v) is 4.00. The molecule has 0 saturated carbocycles. The molecule has 0 aromatic heterocycles. The Morgan fingerprint density at radius 3 is 2.15 bits per heavy atom. The van der Waals surface area contributed by atoms with Crippen LogP contribution in [0.4, 0.5) is 17.6 Å². The van der Waals surface area contributed by atoms with E-state index < -0.39 is 22.4 Å². The van der Waals surface area contributed by atoms with Gasteiger partial charge in [0, 0.05) is 5.56 Å². The fraction of sp³-hybridized carbons (Fsp3) is 0.200. The van der Waals surface area contributed by atoms with Crippen molar-refractivity contribution in [1.29, 1.82) is 0 Å². The van der Waals surface area contributed by atoms with Crippen molar-refractivity contribution in [3.8, 4) is 0 Å². The van der Waals surface area contributed by atoms with E-state index >= 15 is 0 Å². The molecular formula is C15H11BrF4. The number of benzene rings is 2. The Morgan fingerprint density at radius 1 is 1.00 bits per heavy atom. The molecule has 5 heteroatoms. The van der Waals surface area contributed by atoms with Gasteiger partial charge in [0.1, 0.15) is 5.82 Å². The van der Waals surface area contributed by atoms with Gasteiger partial charge in [-0.2, -0.15) is 13.2 Å². The van der Waals surface area contributed by atoms with Gasteiger partial charge in [0.05, 0.1) is 10.4 Å². The molecule has 0 N–H and O–H groups in total. The monoisotopic (exact) mass is 346 g/mol. The second-order valence-corrected chi connectivity index (χ2v) is 5.40. The van der Waals surface area contributed by atoms with Crippen LogP contribution < -0.4 is 0 Å². The van der Waals surface area contributed by atoms with Gasteiger partial charge in [-0.15, -0.1) is 0 Å². The number of hydrogen-bond donors (Lipinski definition) is 0. The molecule has 0 aliphatic carbocycles. The van der Waals surface area contributed by atoms with Crippen LogP contribution in [0.2, 0.25) is 0 Å². The van der Waals surface area contributed by atoms with Gasteiger partial charge in [-0.25, -0.2) is 4.39 Å². The number of hydrogen-bond acceptors (Lipinski definition) is 0. The lowest BCUT2D eigenvalue weighted by Gasteiger charge is -2.15. The molecule has 2 aromatic carbocycles. The fourth-order valence-electron chi connectivity index (χ4n) is 1.88. The summed E-state index contributed by atoms with van der Waals surface area (Å²) in [5.74, 6) is -1.23. The maximum atomic E-state index is 14.0. The quantitative estimate of drug-likeness (QED) is 0.487. The second-order valence-electron chi connectivity index (χ2n) is 4.48. The highest BCUT2D eigenvalue weighted by molar-refractivity contribution is 9.09. The van der Waals surface area contributed by atoms with Crippen LogP contribution >= 0.6 is 15.9 Å². The summed E-state index contributed by atoms with van der Waals surface area (Å²) in [7, 11) is 0. The molecule has 0 saturated heterocycles. The molecule has 0 amide bonds. The molecule has 20 heavy (non-hydrogen) atoms. The average molecular weight is 347 g/mol. The van der Waals surface area contributed by atoms with Gasteiger partial charge in [-0.1, -0.05) is 57.9 Å². The first-order valence-corrected chi connectivity index (χ1v) is 6.78. The first-order valence-electron chi connectivity index (χ1n) is 5.87. The van der Waals surface area contributed by atoms with Crippen molar-refractivity contribution in [2.24, 2.45) is 0 Å². The summed E-state index contributed by atoms with van der Waals surface area (Å²) in [4.78, 5) is -0.620. The maximum Gasteiger partial charge on any atom is 0.419 e. The van der Waals surface area contributed by atoms with Gasteiger partial charge in [-0.05, 0) is 18.6 Å². The van der Waals surface area contributed by atoms with Gasteiger partial charge in [0.15, 0.2) is 0 Å². The zero-order valence-corrected chi connectivity index (χ0v) is 12.1. The molecule has 1 atom stereocenters. The fourth-order valence-corrected chi connectivity index (χ4v) is 2.54. The molecule has 0 heterocycles. The molecule has 0 aliphatic rings. The van der Waals surface area contributed by atoms with Gasteiger partial charge >= 0.3 is 6.18 Å². The van der Waals surface area contributed by atoms with Crippen molar-refractivity contribution in [2.45, 2.75) is 17.9 Å². The molecule has 0 bridgehead atoms. The Labute approximate surface area is 122 Å². The Morgan fingerprint density at radius 2 is 1.60 bits per heavy atom. The Balaban J connectivity index is 2.45. The highest BCUT2D eigenvalue weighted by Gasteiger charge is 2.35. The van der Waals surface area contributed by atoms with Crippen LogP contribution in [0, 0.1) is 12.7 Å². The van der Waals surface area contributed by atoms with Crippen molar-refractivity contribution < 1.29 is 17.6 Å². The van der Waals surface area contributed by atoms with Gasteiger partial charge in [0.25, 0.3) is 0 Å². The molecule has 2 rings (SSSR count). The molecule has 0 fully saturated rings. The minimum absolute atomic E-state index is 0.0244. The largest absolute Gasteiger partial charge is 0.419 e. The highest BCUT2D eigenvalue weighted by atomic mass is 79.9. The molecule has 0 radical (unpaired) electrons. The molecule has 0 aliphatic heterocycles. The Bertz CT molecular complexity index is 602. The van der Waals surface area contributed by atoms with Crippen LogP contribution in [-0.4, -0.2) is 0 Å². The summed E-state index contributed by atoms with van der Waals surface area (Å²) in [6.45, 7) is 1.90. The van der Waals surface area contributed by atoms with E-state index in [1.807, 2.05) is 19.1 Å². The van der Waals surface area contributed by atoms with Crippen molar-refractivity contribution in [2.75, 3.05) is 0 Å². The van der Waals surface area contributed by atoms with Crippen LogP contribution in [0.1, 0.15) is 27.1 Å². The molecule has 0 spiro atoms. The van der Waals surface area contributed by atoms with E-state index in [1.54, 1.807) is 12.1 Å². The minimum Gasteiger partial charge on any atom is -0.206 e. The predicted octanol–water partition coefficient (Wildman–Crippen LogP) is 5.64. The second kappa shape index (κ2) is 5.56. The lowest BCUT2D eigenvalue weighted by Crippen LogP contribution is -2.10. The lowest BCUT2D eigenvalue weighted by atomic mass is 10.0. The molecule has 0 nitrogen and oxygen atoms in total. The number of halogens is 5. The minimum atomic E-state index is -4.69. The number of alkyl halides is 4. The van der Waals surface area contributed by atoms with Crippen LogP contribution in [0.25, 0.3) is 0 Å². The van der Waals surface area contributed by atoms with E-state index in [4.69, 9.17) is 0 Å². The average Bonchev–Trinajstić information content (AvgIpc) is 2.37. The first kappa shape index (κ1) is 15.0. The van der Waals surface area contributed by atoms with Crippen LogP contribution in [0.3, 0.4) is 0 Å². The van der Waals surface area contributed by atoms with Crippen LogP contribution in [0.5, 0.6) is 0 Å². The van der Waals surface area contributed by atoms with E-state index in [0.29, 0.717) is 5.56 Å². The summed E-state index contributed by atoms with van der Waals surface area (Å²) in [6, 6.07) is 10.5. The normalized spacial score (nSPS) is 13.3. The van der Waals surface area contributed by atoms with Crippen molar-refractivity contribution in [3.05, 3.63) is 70.5 Å². The van der Waals surface area contributed by atoms with E-state index in [0.717, 1.165) is 11.6 Å². The Hall–Kier alpha value is -1.36. The van der Waals surface area contributed by atoms with E-state index in [2.05, 4.69) is 15.9 Å². The lowest BCUT2D eigenvalue weighted by molar-refractivity contribution is -0.140. The summed E-state index contributed by atoms with van der Waals surface area (Å²) >= 11 is 3.26. The molecule has 106 valence electrons. The maximum absolute atomic E-state index is 14.0. The SMILES string of the molecule is Cc1ccc(C(Br)c2cccc(C(F)(F)F)c2F)cc1. The van der Waals surface area contributed by atoms with E-state index in [9.17, 15) is 17.6 Å².